The Kier molecular flexibility index (Phi) is 2.08. The number of benzene rings is 1. The van der Waals surface area contributed by atoms with Crippen LogP contribution in [-0.4, -0.2) is 53.7 Å². The van der Waals surface area contributed by atoms with Crippen molar-refractivity contribution in [2.75, 3.05) is 33.2 Å². The maximum Gasteiger partial charge on any atom is 0.163 e. The van der Waals surface area contributed by atoms with Crippen LogP contribution < -0.4 is 5.32 Å². The second-order valence-electron chi connectivity index (χ2n) is 5.63. The highest BCUT2D eigenvalue weighted by Gasteiger charge is 2.55. The topological polar surface area (TPSA) is 18.5 Å². The summed E-state index contributed by atoms with van der Waals surface area (Å²) in [4.78, 5) is 5.17. The van der Waals surface area contributed by atoms with Gasteiger partial charge < -0.3 is 0 Å². The van der Waals surface area contributed by atoms with Gasteiger partial charge in [-0.1, -0.05) is 30.3 Å². The molecule has 0 amide bonds. The molecular formula is C13H19N4+. The van der Waals surface area contributed by atoms with Crippen molar-refractivity contribution >= 4 is 0 Å². The van der Waals surface area contributed by atoms with E-state index < -0.39 is 0 Å². The molecule has 2 bridgehead atoms. The van der Waals surface area contributed by atoms with Gasteiger partial charge in [-0.15, -0.1) is 0 Å². The molecule has 0 aliphatic carbocycles. The molecule has 4 rings (SSSR count). The van der Waals surface area contributed by atoms with Gasteiger partial charge in [-0.05, 0) is 0 Å². The molecule has 1 aromatic rings. The average Bonchev–Trinajstić information content (AvgIpc) is 2.88. The fraction of sp³-hybridized carbons (Fsp3) is 0.538. The number of hydrogen-bond acceptors (Lipinski definition) is 3. The van der Waals surface area contributed by atoms with E-state index >= 15 is 0 Å². The summed E-state index contributed by atoms with van der Waals surface area (Å²) in [5.74, 6) is 0. The predicted molar refractivity (Wildman–Crippen MR) is 65.3 cm³/mol. The summed E-state index contributed by atoms with van der Waals surface area (Å²) in [5.41, 5.74) is 1.46. The Labute approximate surface area is 102 Å². The van der Waals surface area contributed by atoms with Crippen molar-refractivity contribution in [3.63, 3.8) is 0 Å². The molecule has 17 heavy (non-hydrogen) atoms. The first-order valence-corrected chi connectivity index (χ1v) is 6.43. The van der Waals surface area contributed by atoms with Crippen LogP contribution in [0.1, 0.15) is 5.56 Å². The van der Waals surface area contributed by atoms with Crippen molar-refractivity contribution in [2.24, 2.45) is 0 Å². The number of fused-ring (bicyclic) bond motifs is 1. The molecule has 3 atom stereocenters. The fourth-order valence-corrected chi connectivity index (χ4v) is 3.76. The molecule has 90 valence electrons. The average molecular weight is 231 g/mol. The van der Waals surface area contributed by atoms with Gasteiger partial charge >= 0.3 is 0 Å². The van der Waals surface area contributed by atoms with E-state index in [9.17, 15) is 0 Å². The highest BCUT2D eigenvalue weighted by molar-refractivity contribution is 5.13. The van der Waals surface area contributed by atoms with Crippen LogP contribution in [0.15, 0.2) is 30.3 Å². The Morgan fingerprint density at radius 1 is 1.29 bits per heavy atom. The number of rotatable bonds is 2. The Morgan fingerprint density at radius 3 is 3.00 bits per heavy atom. The van der Waals surface area contributed by atoms with E-state index in [-0.39, 0.29) is 0 Å². The van der Waals surface area contributed by atoms with Crippen molar-refractivity contribution in [2.45, 2.75) is 12.7 Å². The Bertz CT molecular complexity index is 421. The van der Waals surface area contributed by atoms with E-state index in [0.29, 0.717) is 0 Å². The molecule has 0 saturated carbocycles. The van der Waals surface area contributed by atoms with Gasteiger partial charge in [0.05, 0.1) is 19.9 Å². The van der Waals surface area contributed by atoms with E-state index in [1.54, 1.807) is 0 Å². The Balaban J connectivity index is 1.64. The molecule has 3 aliphatic heterocycles. The van der Waals surface area contributed by atoms with E-state index in [1.807, 2.05) is 0 Å². The lowest BCUT2D eigenvalue weighted by Gasteiger charge is -2.49. The molecule has 3 heterocycles. The zero-order valence-electron chi connectivity index (χ0n) is 10.0. The minimum atomic E-state index is 0.719. The van der Waals surface area contributed by atoms with Crippen LogP contribution in [0.2, 0.25) is 0 Å². The van der Waals surface area contributed by atoms with Gasteiger partial charge in [0.15, 0.2) is 6.17 Å². The standard InChI is InChI=1S/C13H19N4/c1-2-4-12(5-3-1)7-17-9-14-8-16-10-15(11-17)6-13(16)17/h1-5,13-14H,6-11H2/q+1. The van der Waals surface area contributed by atoms with E-state index in [0.717, 1.165) is 32.7 Å². The third-order valence-electron chi connectivity index (χ3n) is 4.42. The van der Waals surface area contributed by atoms with E-state index in [1.165, 1.54) is 23.3 Å². The summed E-state index contributed by atoms with van der Waals surface area (Å²) in [6.07, 6.45) is 0.719. The van der Waals surface area contributed by atoms with Crippen LogP contribution in [0, 0.1) is 0 Å². The minimum absolute atomic E-state index is 0.719. The number of hydrogen-bond donors (Lipinski definition) is 1. The van der Waals surface area contributed by atoms with Gasteiger partial charge in [-0.2, -0.15) is 0 Å². The van der Waals surface area contributed by atoms with Crippen LogP contribution in [0.5, 0.6) is 0 Å². The third-order valence-corrected chi connectivity index (χ3v) is 4.42. The number of nitrogens with one attached hydrogen (secondary N) is 1. The quantitative estimate of drug-likeness (QED) is 0.743. The fourth-order valence-electron chi connectivity index (χ4n) is 3.76. The molecule has 0 radical (unpaired) electrons. The molecule has 4 nitrogen and oxygen atoms in total. The number of quaternary nitrogens is 1. The number of nitrogens with zero attached hydrogens (tertiary/aromatic N) is 3. The lowest BCUT2D eigenvalue weighted by atomic mass is 10.1. The van der Waals surface area contributed by atoms with Gasteiger partial charge in [0.25, 0.3) is 0 Å². The van der Waals surface area contributed by atoms with Crippen LogP contribution in [-0.2, 0) is 6.54 Å². The molecule has 3 saturated heterocycles. The summed E-state index contributed by atoms with van der Waals surface area (Å²) in [6.45, 7) is 6.97. The molecular weight excluding hydrogens is 212 g/mol. The highest BCUT2D eigenvalue weighted by atomic mass is 15.7. The summed E-state index contributed by atoms with van der Waals surface area (Å²) in [7, 11) is 0. The zero-order chi connectivity index (χ0) is 11.3. The largest absolute Gasteiger partial charge is 0.279 e. The van der Waals surface area contributed by atoms with Crippen molar-refractivity contribution in [3.05, 3.63) is 35.9 Å². The van der Waals surface area contributed by atoms with Crippen molar-refractivity contribution in [1.82, 2.24) is 15.1 Å². The monoisotopic (exact) mass is 231 g/mol. The highest BCUT2D eigenvalue weighted by Crippen LogP contribution is 2.35. The van der Waals surface area contributed by atoms with Gasteiger partial charge in [0, 0.05) is 5.56 Å². The maximum atomic E-state index is 3.58. The second kappa shape index (κ2) is 3.53. The van der Waals surface area contributed by atoms with Crippen LogP contribution >= 0.6 is 0 Å². The smallest absolute Gasteiger partial charge is 0.163 e. The van der Waals surface area contributed by atoms with Gasteiger partial charge in [-0.25, -0.2) is 9.80 Å². The van der Waals surface area contributed by atoms with Gasteiger partial charge in [0.1, 0.15) is 19.9 Å². The van der Waals surface area contributed by atoms with Crippen molar-refractivity contribution < 1.29 is 4.48 Å². The first kappa shape index (κ1) is 10.0. The molecule has 4 heteroatoms. The molecule has 0 spiro atoms. The normalized spacial score (nSPS) is 39.8. The molecule has 3 aliphatic rings. The second-order valence-corrected chi connectivity index (χ2v) is 5.63. The molecule has 1 N–H and O–H groups in total. The third kappa shape index (κ3) is 1.45. The summed E-state index contributed by atoms with van der Waals surface area (Å²) >= 11 is 0. The van der Waals surface area contributed by atoms with Crippen LogP contribution in [0.25, 0.3) is 0 Å². The molecule has 3 unspecified atom stereocenters. The predicted octanol–water partition coefficient (Wildman–Crippen LogP) is 0.394. The lowest BCUT2D eigenvalue weighted by molar-refractivity contribution is -0.978. The minimum Gasteiger partial charge on any atom is -0.279 e. The Morgan fingerprint density at radius 2 is 2.18 bits per heavy atom. The van der Waals surface area contributed by atoms with Crippen molar-refractivity contribution in [1.29, 1.82) is 0 Å². The molecule has 0 aromatic heterocycles. The SMILES string of the molecule is c1ccc(C[N+]23CNCN4CN(CC42)C3)cc1. The van der Waals surface area contributed by atoms with Crippen LogP contribution in [0.4, 0.5) is 0 Å². The van der Waals surface area contributed by atoms with Gasteiger partial charge in [0.2, 0.25) is 0 Å². The van der Waals surface area contributed by atoms with Gasteiger partial charge in [-0.3, -0.25) is 9.80 Å². The molecule has 1 aromatic carbocycles. The van der Waals surface area contributed by atoms with E-state index in [2.05, 4.69) is 45.4 Å². The lowest BCUT2D eigenvalue weighted by Crippen LogP contribution is -2.70. The molecule has 3 fully saturated rings. The maximum absolute atomic E-state index is 3.58. The summed E-state index contributed by atoms with van der Waals surface area (Å²) in [5, 5.41) is 3.58. The first-order chi connectivity index (χ1) is 8.36. The first-order valence-electron chi connectivity index (χ1n) is 6.43. The summed E-state index contributed by atoms with van der Waals surface area (Å²) < 4.78 is 1.18. The Hall–Kier alpha value is -0.940. The van der Waals surface area contributed by atoms with Crippen LogP contribution in [0.3, 0.4) is 0 Å². The summed E-state index contributed by atoms with van der Waals surface area (Å²) in [6, 6.07) is 10.9. The van der Waals surface area contributed by atoms with Crippen molar-refractivity contribution in [3.8, 4) is 0 Å². The zero-order valence-corrected chi connectivity index (χ0v) is 10.0. The van der Waals surface area contributed by atoms with E-state index in [4.69, 9.17) is 0 Å².